The molecule has 0 spiro atoms. The van der Waals surface area contributed by atoms with E-state index in [0.717, 1.165) is 34.1 Å². The minimum Gasteiger partial charge on any atom is -0.454 e. The Morgan fingerprint density at radius 2 is 1.46 bits per heavy atom. The van der Waals surface area contributed by atoms with Gasteiger partial charge in [-0.25, -0.2) is 0 Å². The van der Waals surface area contributed by atoms with Crippen LogP contribution in [0.2, 0.25) is 0 Å². The number of para-hydroxylation sites is 1. The molecule has 0 aromatic heterocycles. The first-order valence-electron chi connectivity index (χ1n) is 8.90. The topological polar surface area (TPSA) is 55.4 Å². The Morgan fingerprint density at radius 1 is 0.692 bits per heavy atom. The largest absolute Gasteiger partial charge is 0.454 e. The Labute approximate surface area is 150 Å². The molecule has 6 heteroatoms. The smallest absolute Gasteiger partial charge is 0.231 e. The molecular weight excluding hydrogens is 336 g/mol. The van der Waals surface area contributed by atoms with Gasteiger partial charge in [0.25, 0.3) is 0 Å². The third-order valence-electron chi connectivity index (χ3n) is 5.72. The highest BCUT2D eigenvalue weighted by Crippen LogP contribution is 2.53. The van der Waals surface area contributed by atoms with E-state index in [0.29, 0.717) is 25.0 Å². The standard InChI is InChI=1S/C20H18O6/c1-2-12(20-16(3-1)24-10-26-20)19-14-8-21-18(13(14)7-22-19)11-4-5-15-17(6-11)25-9-23-15/h1-6,13-14,18-19H,7-10H2/t13-,14-,18+,19?/m0/s1. The Kier molecular flexibility index (Phi) is 3.12. The Balaban J connectivity index is 1.30. The zero-order chi connectivity index (χ0) is 17.1. The van der Waals surface area contributed by atoms with Crippen LogP contribution in [0.1, 0.15) is 23.3 Å². The SMILES string of the molecule is c1cc2c(c(C3OC[C@@H]4[C@@H](c5ccc6c(c5)OCO6)OC[C@H]34)c1)OCO2. The van der Waals surface area contributed by atoms with Gasteiger partial charge in [-0.15, -0.1) is 0 Å². The predicted octanol–water partition coefficient (Wildman–Crippen LogP) is 3.22. The third kappa shape index (κ3) is 2.06. The molecule has 0 radical (unpaired) electrons. The molecule has 0 bridgehead atoms. The van der Waals surface area contributed by atoms with Crippen LogP contribution in [0.15, 0.2) is 36.4 Å². The van der Waals surface area contributed by atoms with Crippen LogP contribution in [-0.2, 0) is 9.47 Å². The van der Waals surface area contributed by atoms with Gasteiger partial charge in [-0.1, -0.05) is 18.2 Å². The van der Waals surface area contributed by atoms with Gasteiger partial charge in [0.15, 0.2) is 23.0 Å². The minimum atomic E-state index is -0.0318. The van der Waals surface area contributed by atoms with Gasteiger partial charge < -0.3 is 28.4 Å². The van der Waals surface area contributed by atoms with Crippen molar-refractivity contribution in [2.75, 3.05) is 26.8 Å². The molecule has 4 heterocycles. The molecule has 4 atom stereocenters. The highest BCUT2D eigenvalue weighted by molar-refractivity contribution is 5.50. The summed E-state index contributed by atoms with van der Waals surface area (Å²) in [6, 6.07) is 12.0. The highest BCUT2D eigenvalue weighted by atomic mass is 16.7. The van der Waals surface area contributed by atoms with Crippen LogP contribution < -0.4 is 18.9 Å². The number of benzene rings is 2. The van der Waals surface area contributed by atoms with Crippen LogP contribution in [0, 0.1) is 11.8 Å². The fourth-order valence-electron chi connectivity index (χ4n) is 4.48. The molecule has 2 fully saturated rings. The molecule has 0 aliphatic carbocycles. The Hall–Kier alpha value is -2.44. The second-order valence-corrected chi connectivity index (χ2v) is 7.03. The average molecular weight is 354 g/mol. The van der Waals surface area contributed by atoms with Crippen molar-refractivity contribution in [3.05, 3.63) is 47.5 Å². The molecule has 0 N–H and O–H groups in total. The van der Waals surface area contributed by atoms with Crippen LogP contribution in [-0.4, -0.2) is 26.8 Å². The monoisotopic (exact) mass is 354 g/mol. The van der Waals surface area contributed by atoms with Crippen molar-refractivity contribution in [3.63, 3.8) is 0 Å². The van der Waals surface area contributed by atoms with Crippen molar-refractivity contribution in [1.29, 1.82) is 0 Å². The van der Waals surface area contributed by atoms with Gasteiger partial charge in [-0.2, -0.15) is 0 Å². The number of hydrogen-bond acceptors (Lipinski definition) is 6. The molecule has 4 aliphatic heterocycles. The van der Waals surface area contributed by atoms with Crippen LogP contribution in [0.5, 0.6) is 23.0 Å². The molecule has 134 valence electrons. The summed E-state index contributed by atoms with van der Waals surface area (Å²) >= 11 is 0. The van der Waals surface area contributed by atoms with Crippen molar-refractivity contribution in [1.82, 2.24) is 0 Å². The molecular formula is C20H18O6. The lowest BCUT2D eigenvalue weighted by Crippen LogP contribution is -2.14. The van der Waals surface area contributed by atoms with Crippen molar-refractivity contribution in [2.24, 2.45) is 11.8 Å². The average Bonchev–Trinajstić information content (AvgIpc) is 3.42. The van der Waals surface area contributed by atoms with E-state index >= 15 is 0 Å². The van der Waals surface area contributed by atoms with Crippen molar-refractivity contribution < 1.29 is 28.4 Å². The first-order chi connectivity index (χ1) is 12.9. The maximum Gasteiger partial charge on any atom is 0.231 e. The van der Waals surface area contributed by atoms with Gasteiger partial charge in [0, 0.05) is 17.4 Å². The minimum absolute atomic E-state index is 0.00780. The maximum absolute atomic E-state index is 6.20. The number of fused-ring (bicyclic) bond motifs is 3. The van der Waals surface area contributed by atoms with Gasteiger partial charge in [-0.3, -0.25) is 0 Å². The second-order valence-electron chi connectivity index (χ2n) is 7.03. The van der Waals surface area contributed by atoms with E-state index in [2.05, 4.69) is 12.1 Å². The molecule has 4 aliphatic rings. The van der Waals surface area contributed by atoms with Crippen molar-refractivity contribution in [2.45, 2.75) is 12.2 Å². The lowest BCUT2D eigenvalue weighted by atomic mass is 9.84. The number of hydrogen-bond donors (Lipinski definition) is 0. The molecule has 2 aromatic carbocycles. The van der Waals surface area contributed by atoms with E-state index in [1.165, 1.54) is 0 Å². The predicted molar refractivity (Wildman–Crippen MR) is 89.5 cm³/mol. The number of rotatable bonds is 2. The molecule has 26 heavy (non-hydrogen) atoms. The second kappa shape index (κ2) is 5.53. The molecule has 0 saturated carbocycles. The van der Waals surface area contributed by atoms with E-state index in [1.807, 2.05) is 24.3 Å². The fourth-order valence-corrected chi connectivity index (χ4v) is 4.48. The molecule has 6 nitrogen and oxygen atoms in total. The van der Waals surface area contributed by atoms with Crippen LogP contribution >= 0.6 is 0 Å². The summed E-state index contributed by atoms with van der Waals surface area (Å²) in [5, 5.41) is 0. The fraction of sp³-hybridized carbons (Fsp3) is 0.400. The van der Waals surface area contributed by atoms with E-state index in [1.54, 1.807) is 0 Å². The van der Waals surface area contributed by atoms with Crippen LogP contribution in [0.3, 0.4) is 0 Å². The first kappa shape index (κ1) is 14.7. The lowest BCUT2D eigenvalue weighted by molar-refractivity contribution is 0.0184. The summed E-state index contributed by atoms with van der Waals surface area (Å²) in [5.41, 5.74) is 2.17. The molecule has 2 saturated heterocycles. The lowest BCUT2D eigenvalue weighted by Gasteiger charge is -2.18. The van der Waals surface area contributed by atoms with Crippen molar-refractivity contribution in [3.8, 4) is 23.0 Å². The quantitative estimate of drug-likeness (QED) is 0.825. The highest BCUT2D eigenvalue weighted by Gasteiger charge is 2.49. The van der Waals surface area contributed by atoms with Gasteiger partial charge in [0.1, 0.15) is 0 Å². The first-order valence-corrected chi connectivity index (χ1v) is 8.90. The van der Waals surface area contributed by atoms with Crippen molar-refractivity contribution >= 4 is 0 Å². The van der Waals surface area contributed by atoms with Gasteiger partial charge in [-0.05, 0) is 23.8 Å². The molecule has 2 aromatic rings. The van der Waals surface area contributed by atoms with Crippen LogP contribution in [0.4, 0.5) is 0 Å². The molecule has 0 amide bonds. The summed E-state index contributed by atoms with van der Waals surface area (Å²) in [5.74, 6) is 3.78. The summed E-state index contributed by atoms with van der Waals surface area (Å²) in [4.78, 5) is 0. The van der Waals surface area contributed by atoms with E-state index in [9.17, 15) is 0 Å². The summed E-state index contributed by atoms with van der Waals surface area (Å²) in [6.07, 6.45) is -0.0240. The third-order valence-corrected chi connectivity index (χ3v) is 5.72. The van der Waals surface area contributed by atoms with E-state index in [4.69, 9.17) is 28.4 Å². The Bertz CT molecular complexity index is 865. The summed E-state index contributed by atoms with van der Waals surface area (Å²) < 4.78 is 34.5. The number of ether oxygens (including phenoxy) is 6. The summed E-state index contributed by atoms with van der Waals surface area (Å²) in [6.45, 7) is 1.88. The zero-order valence-corrected chi connectivity index (χ0v) is 14.1. The zero-order valence-electron chi connectivity index (χ0n) is 14.1. The van der Waals surface area contributed by atoms with Gasteiger partial charge >= 0.3 is 0 Å². The maximum atomic E-state index is 6.20. The van der Waals surface area contributed by atoms with Gasteiger partial charge in [0.2, 0.25) is 13.6 Å². The molecule has 6 rings (SSSR count). The van der Waals surface area contributed by atoms with E-state index < -0.39 is 0 Å². The Morgan fingerprint density at radius 3 is 2.42 bits per heavy atom. The summed E-state index contributed by atoms with van der Waals surface area (Å²) in [7, 11) is 0. The molecule has 1 unspecified atom stereocenters. The van der Waals surface area contributed by atoms with Crippen LogP contribution in [0.25, 0.3) is 0 Å². The normalized spacial score (nSPS) is 30.6. The van der Waals surface area contributed by atoms with Gasteiger partial charge in [0.05, 0.1) is 25.4 Å². The van der Waals surface area contributed by atoms with E-state index in [-0.39, 0.29) is 25.8 Å².